The van der Waals surface area contributed by atoms with Crippen LogP contribution in [0.1, 0.15) is 25.5 Å². The Morgan fingerprint density at radius 3 is 3.00 bits per heavy atom. The Balaban J connectivity index is 2.58. The van der Waals surface area contributed by atoms with E-state index in [1.807, 2.05) is 19.9 Å². The van der Waals surface area contributed by atoms with Crippen molar-refractivity contribution in [3.8, 4) is 0 Å². The fourth-order valence-electron chi connectivity index (χ4n) is 1.30. The van der Waals surface area contributed by atoms with Crippen LogP contribution in [0.5, 0.6) is 0 Å². The van der Waals surface area contributed by atoms with E-state index in [-0.39, 0.29) is 5.91 Å². The molecule has 0 aliphatic rings. The minimum absolute atomic E-state index is 0.137. The largest absolute Gasteiger partial charge is 0.325 e. The number of hydrogen-bond donors (Lipinski definition) is 2. The highest BCUT2D eigenvalue weighted by molar-refractivity contribution is 5.94. The van der Waals surface area contributed by atoms with Crippen LogP contribution in [0.4, 0.5) is 5.69 Å². The zero-order chi connectivity index (χ0) is 11.3. The SMILES string of the molecule is CCCC(N)C(=O)Nc1ccnc(C)c1. The van der Waals surface area contributed by atoms with Gasteiger partial charge in [0.05, 0.1) is 6.04 Å². The van der Waals surface area contributed by atoms with E-state index in [9.17, 15) is 4.79 Å². The summed E-state index contributed by atoms with van der Waals surface area (Å²) in [6, 6.07) is 3.14. The summed E-state index contributed by atoms with van der Waals surface area (Å²) in [5.74, 6) is -0.137. The summed E-state index contributed by atoms with van der Waals surface area (Å²) >= 11 is 0. The lowest BCUT2D eigenvalue weighted by Crippen LogP contribution is -2.35. The molecule has 1 unspecified atom stereocenters. The van der Waals surface area contributed by atoms with Crippen LogP contribution in [0.25, 0.3) is 0 Å². The number of amides is 1. The lowest BCUT2D eigenvalue weighted by Gasteiger charge is -2.11. The molecule has 15 heavy (non-hydrogen) atoms. The maximum atomic E-state index is 11.6. The predicted molar refractivity (Wildman–Crippen MR) is 60.5 cm³/mol. The number of aryl methyl sites for hydroxylation is 1. The molecule has 1 rings (SSSR count). The van der Waals surface area contributed by atoms with Gasteiger partial charge >= 0.3 is 0 Å². The maximum absolute atomic E-state index is 11.6. The van der Waals surface area contributed by atoms with Crippen molar-refractivity contribution in [1.82, 2.24) is 4.98 Å². The van der Waals surface area contributed by atoms with E-state index in [4.69, 9.17) is 5.73 Å². The molecule has 1 amide bonds. The summed E-state index contributed by atoms with van der Waals surface area (Å²) in [5, 5.41) is 2.76. The van der Waals surface area contributed by atoms with E-state index in [1.165, 1.54) is 0 Å². The van der Waals surface area contributed by atoms with Gasteiger partial charge in [0.2, 0.25) is 5.91 Å². The average Bonchev–Trinajstić information content (AvgIpc) is 2.18. The standard InChI is InChI=1S/C11H17N3O/c1-3-4-10(12)11(15)14-9-5-6-13-8(2)7-9/h5-7,10H,3-4,12H2,1-2H3,(H,13,14,15). The van der Waals surface area contributed by atoms with Crippen molar-refractivity contribution in [1.29, 1.82) is 0 Å². The van der Waals surface area contributed by atoms with Gasteiger partial charge in [-0.3, -0.25) is 9.78 Å². The molecule has 0 saturated carbocycles. The number of aromatic nitrogens is 1. The molecule has 1 heterocycles. The number of hydrogen-bond acceptors (Lipinski definition) is 3. The van der Waals surface area contributed by atoms with Crippen LogP contribution in [0.3, 0.4) is 0 Å². The van der Waals surface area contributed by atoms with Crippen molar-refractivity contribution in [3.05, 3.63) is 24.0 Å². The smallest absolute Gasteiger partial charge is 0.241 e. The normalized spacial score (nSPS) is 12.2. The number of carbonyl (C=O) groups is 1. The van der Waals surface area contributed by atoms with Gasteiger partial charge in [-0.15, -0.1) is 0 Å². The molecule has 0 aromatic carbocycles. The van der Waals surface area contributed by atoms with Gasteiger partial charge in [0.25, 0.3) is 0 Å². The Labute approximate surface area is 89.9 Å². The van der Waals surface area contributed by atoms with Crippen molar-refractivity contribution < 1.29 is 4.79 Å². The van der Waals surface area contributed by atoms with E-state index >= 15 is 0 Å². The average molecular weight is 207 g/mol. The summed E-state index contributed by atoms with van der Waals surface area (Å²) in [5.41, 5.74) is 7.31. The van der Waals surface area contributed by atoms with Gasteiger partial charge in [-0.05, 0) is 25.5 Å². The lowest BCUT2D eigenvalue weighted by molar-refractivity contribution is -0.117. The Morgan fingerprint density at radius 1 is 1.67 bits per heavy atom. The van der Waals surface area contributed by atoms with Crippen LogP contribution < -0.4 is 11.1 Å². The van der Waals surface area contributed by atoms with Crippen molar-refractivity contribution in [3.63, 3.8) is 0 Å². The lowest BCUT2D eigenvalue weighted by atomic mass is 10.1. The topological polar surface area (TPSA) is 68.0 Å². The van der Waals surface area contributed by atoms with Crippen molar-refractivity contribution in [2.45, 2.75) is 32.7 Å². The van der Waals surface area contributed by atoms with Gasteiger partial charge < -0.3 is 11.1 Å². The van der Waals surface area contributed by atoms with Gasteiger partial charge in [0.15, 0.2) is 0 Å². The fourth-order valence-corrected chi connectivity index (χ4v) is 1.30. The van der Waals surface area contributed by atoms with Crippen LogP contribution >= 0.6 is 0 Å². The van der Waals surface area contributed by atoms with Crippen molar-refractivity contribution in [2.24, 2.45) is 5.73 Å². The quantitative estimate of drug-likeness (QED) is 0.785. The third kappa shape index (κ3) is 3.67. The Morgan fingerprint density at radius 2 is 2.40 bits per heavy atom. The third-order valence-electron chi connectivity index (χ3n) is 2.10. The summed E-state index contributed by atoms with van der Waals surface area (Å²) in [6.45, 7) is 3.88. The minimum atomic E-state index is -0.427. The Bertz CT molecular complexity index is 338. The van der Waals surface area contributed by atoms with Crippen molar-refractivity contribution in [2.75, 3.05) is 5.32 Å². The summed E-state index contributed by atoms with van der Waals surface area (Å²) in [6.07, 6.45) is 3.27. The molecule has 82 valence electrons. The number of carbonyl (C=O) groups excluding carboxylic acids is 1. The van der Waals surface area contributed by atoms with Gasteiger partial charge in [0.1, 0.15) is 0 Å². The van der Waals surface area contributed by atoms with Crippen LogP contribution in [-0.4, -0.2) is 16.9 Å². The molecule has 0 aliphatic carbocycles. The number of nitrogens with zero attached hydrogens (tertiary/aromatic N) is 1. The molecule has 1 atom stereocenters. The number of rotatable bonds is 4. The highest BCUT2D eigenvalue weighted by Crippen LogP contribution is 2.07. The molecular weight excluding hydrogens is 190 g/mol. The number of nitrogens with one attached hydrogen (secondary N) is 1. The summed E-state index contributed by atoms with van der Waals surface area (Å²) in [4.78, 5) is 15.6. The number of anilines is 1. The first kappa shape index (κ1) is 11.7. The second kappa shape index (κ2) is 5.46. The monoisotopic (exact) mass is 207 g/mol. The molecule has 0 spiro atoms. The van der Waals surface area contributed by atoms with Crippen LogP contribution in [0, 0.1) is 6.92 Å². The fraction of sp³-hybridized carbons (Fsp3) is 0.455. The molecule has 1 aromatic heterocycles. The summed E-state index contributed by atoms with van der Waals surface area (Å²) in [7, 11) is 0. The van der Waals surface area contributed by atoms with Gasteiger partial charge in [0, 0.05) is 17.6 Å². The van der Waals surface area contributed by atoms with E-state index in [1.54, 1.807) is 12.3 Å². The first-order valence-electron chi connectivity index (χ1n) is 5.12. The minimum Gasteiger partial charge on any atom is -0.325 e. The zero-order valence-corrected chi connectivity index (χ0v) is 9.16. The number of nitrogens with two attached hydrogens (primary N) is 1. The predicted octanol–water partition coefficient (Wildman–Crippen LogP) is 1.46. The molecule has 0 aliphatic heterocycles. The Hall–Kier alpha value is -1.42. The maximum Gasteiger partial charge on any atom is 0.241 e. The molecule has 1 aromatic rings. The van der Waals surface area contributed by atoms with Crippen LogP contribution in [0.2, 0.25) is 0 Å². The van der Waals surface area contributed by atoms with E-state index in [0.29, 0.717) is 6.42 Å². The molecule has 3 N–H and O–H groups in total. The zero-order valence-electron chi connectivity index (χ0n) is 9.16. The highest BCUT2D eigenvalue weighted by atomic mass is 16.2. The highest BCUT2D eigenvalue weighted by Gasteiger charge is 2.11. The Kier molecular flexibility index (Phi) is 4.24. The van der Waals surface area contributed by atoms with E-state index in [0.717, 1.165) is 17.8 Å². The van der Waals surface area contributed by atoms with E-state index < -0.39 is 6.04 Å². The molecule has 0 saturated heterocycles. The van der Waals surface area contributed by atoms with Gasteiger partial charge in [-0.25, -0.2) is 0 Å². The third-order valence-corrected chi connectivity index (χ3v) is 2.10. The van der Waals surface area contributed by atoms with Gasteiger partial charge in [-0.2, -0.15) is 0 Å². The molecule has 0 bridgehead atoms. The first-order valence-corrected chi connectivity index (χ1v) is 5.12. The molecular formula is C11H17N3O. The van der Waals surface area contributed by atoms with Crippen molar-refractivity contribution >= 4 is 11.6 Å². The molecule has 4 heteroatoms. The molecule has 0 fully saturated rings. The summed E-state index contributed by atoms with van der Waals surface area (Å²) < 4.78 is 0. The van der Waals surface area contributed by atoms with Crippen LogP contribution in [0.15, 0.2) is 18.3 Å². The second-order valence-corrected chi connectivity index (χ2v) is 3.57. The number of pyridine rings is 1. The van der Waals surface area contributed by atoms with E-state index in [2.05, 4.69) is 10.3 Å². The second-order valence-electron chi connectivity index (χ2n) is 3.57. The first-order chi connectivity index (χ1) is 7.13. The molecule has 4 nitrogen and oxygen atoms in total. The molecule has 0 radical (unpaired) electrons. The van der Waals surface area contributed by atoms with Gasteiger partial charge in [-0.1, -0.05) is 13.3 Å². The van der Waals surface area contributed by atoms with Crippen LogP contribution in [-0.2, 0) is 4.79 Å².